The summed E-state index contributed by atoms with van der Waals surface area (Å²) in [4.78, 5) is 8.36. The average Bonchev–Trinajstić information content (AvgIpc) is 2.31. The van der Waals surface area contributed by atoms with Crippen molar-refractivity contribution in [3.05, 3.63) is 10.8 Å². The SMILES string of the molecule is CCC(CSC)Nc1ncnc(NC)c1Br. The van der Waals surface area contributed by atoms with Gasteiger partial charge in [-0.05, 0) is 28.6 Å². The molecule has 0 aliphatic rings. The van der Waals surface area contributed by atoms with Crippen LogP contribution in [0.15, 0.2) is 10.8 Å². The number of rotatable bonds is 6. The molecule has 0 saturated carbocycles. The lowest BCUT2D eigenvalue weighted by molar-refractivity contribution is 0.768. The summed E-state index contributed by atoms with van der Waals surface area (Å²) in [5, 5.41) is 6.43. The summed E-state index contributed by atoms with van der Waals surface area (Å²) in [5.74, 6) is 2.72. The number of nitrogens with zero attached hydrogens (tertiary/aromatic N) is 2. The lowest BCUT2D eigenvalue weighted by atomic mass is 10.2. The van der Waals surface area contributed by atoms with Gasteiger partial charge in [0.2, 0.25) is 0 Å². The minimum atomic E-state index is 0.436. The molecule has 0 radical (unpaired) electrons. The molecule has 16 heavy (non-hydrogen) atoms. The monoisotopic (exact) mass is 304 g/mol. The van der Waals surface area contributed by atoms with E-state index in [-0.39, 0.29) is 0 Å². The van der Waals surface area contributed by atoms with Crippen LogP contribution in [0, 0.1) is 0 Å². The largest absolute Gasteiger partial charge is 0.372 e. The van der Waals surface area contributed by atoms with Gasteiger partial charge in [0.1, 0.15) is 22.4 Å². The lowest BCUT2D eigenvalue weighted by Crippen LogP contribution is -2.22. The second-order valence-electron chi connectivity index (χ2n) is 3.34. The molecular formula is C10H17BrN4S. The number of thioether (sulfide) groups is 1. The van der Waals surface area contributed by atoms with Crippen LogP contribution in [-0.2, 0) is 0 Å². The fourth-order valence-corrected chi connectivity index (χ4v) is 2.54. The molecule has 0 fully saturated rings. The number of hydrogen-bond donors (Lipinski definition) is 2. The summed E-state index contributed by atoms with van der Waals surface area (Å²) in [5.41, 5.74) is 0. The Morgan fingerprint density at radius 3 is 2.69 bits per heavy atom. The topological polar surface area (TPSA) is 49.8 Å². The van der Waals surface area contributed by atoms with Gasteiger partial charge in [-0.2, -0.15) is 11.8 Å². The van der Waals surface area contributed by atoms with Crippen LogP contribution in [0.2, 0.25) is 0 Å². The van der Waals surface area contributed by atoms with E-state index in [0.29, 0.717) is 6.04 Å². The fourth-order valence-electron chi connectivity index (χ4n) is 1.30. The second-order valence-corrected chi connectivity index (χ2v) is 5.04. The highest BCUT2D eigenvalue weighted by Gasteiger charge is 2.11. The van der Waals surface area contributed by atoms with Crippen LogP contribution in [0.3, 0.4) is 0 Å². The number of halogens is 1. The van der Waals surface area contributed by atoms with Crippen LogP contribution >= 0.6 is 27.7 Å². The highest BCUT2D eigenvalue weighted by Crippen LogP contribution is 2.27. The van der Waals surface area contributed by atoms with Crippen molar-refractivity contribution < 1.29 is 0 Å². The van der Waals surface area contributed by atoms with E-state index >= 15 is 0 Å². The van der Waals surface area contributed by atoms with Crippen LogP contribution in [0.25, 0.3) is 0 Å². The molecule has 0 spiro atoms. The predicted molar refractivity (Wildman–Crippen MR) is 75.4 cm³/mol. The highest BCUT2D eigenvalue weighted by atomic mass is 79.9. The normalized spacial score (nSPS) is 12.2. The van der Waals surface area contributed by atoms with Gasteiger partial charge in [0.15, 0.2) is 0 Å². The first-order valence-electron chi connectivity index (χ1n) is 5.16. The third kappa shape index (κ3) is 3.52. The molecule has 2 N–H and O–H groups in total. The average molecular weight is 305 g/mol. The van der Waals surface area contributed by atoms with Crippen molar-refractivity contribution in [1.29, 1.82) is 0 Å². The fraction of sp³-hybridized carbons (Fsp3) is 0.600. The molecule has 0 aromatic carbocycles. The quantitative estimate of drug-likeness (QED) is 0.846. The maximum atomic E-state index is 4.24. The van der Waals surface area contributed by atoms with Crippen molar-refractivity contribution >= 4 is 39.3 Å². The predicted octanol–water partition coefficient (Wildman–Crippen LogP) is 2.83. The molecule has 0 aliphatic heterocycles. The third-order valence-electron chi connectivity index (χ3n) is 2.23. The van der Waals surface area contributed by atoms with E-state index in [1.54, 1.807) is 6.33 Å². The van der Waals surface area contributed by atoms with Gasteiger partial charge in [-0.3, -0.25) is 0 Å². The van der Waals surface area contributed by atoms with E-state index in [1.807, 2.05) is 18.8 Å². The summed E-state index contributed by atoms with van der Waals surface area (Å²) in [6.07, 6.45) is 4.75. The molecule has 1 aromatic heterocycles. The van der Waals surface area contributed by atoms with Crippen molar-refractivity contribution in [2.45, 2.75) is 19.4 Å². The van der Waals surface area contributed by atoms with E-state index in [2.05, 4.69) is 49.7 Å². The van der Waals surface area contributed by atoms with Crippen molar-refractivity contribution in [3.8, 4) is 0 Å². The van der Waals surface area contributed by atoms with Crippen molar-refractivity contribution in [3.63, 3.8) is 0 Å². The molecule has 1 unspecified atom stereocenters. The van der Waals surface area contributed by atoms with Gasteiger partial charge in [0, 0.05) is 18.8 Å². The maximum absolute atomic E-state index is 4.24. The van der Waals surface area contributed by atoms with Crippen LogP contribution in [0.5, 0.6) is 0 Å². The molecule has 0 bridgehead atoms. The second kappa shape index (κ2) is 6.96. The van der Waals surface area contributed by atoms with Gasteiger partial charge in [0.25, 0.3) is 0 Å². The van der Waals surface area contributed by atoms with Crippen molar-refractivity contribution in [1.82, 2.24) is 9.97 Å². The summed E-state index contributed by atoms with van der Waals surface area (Å²) < 4.78 is 0.886. The summed E-state index contributed by atoms with van der Waals surface area (Å²) >= 11 is 5.33. The van der Waals surface area contributed by atoms with Crippen molar-refractivity contribution in [2.75, 3.05) is 29.7 Å². The Labute approximate surface area is 109 Å². The first kappa shape index (κ1) is 13.6. The summed E-state index contributed by atoms with van der Waals surface area (Å²) in [6.45, 7) is 2.17. The minimum absolute atomic E-state index is 0.436. The zero-order valence-corrected chi connectivity index (χ0v) is 12.2. The number of hydrogen-bond acceptors (Lipinski definition) is 5. The smallest absolute Gasteiger partial charge is 0.146 e. The van der Waals surface area contributed by atoms with Gasteiger partial charge in [-0.15, -0.1) is 0 Å². The molecule has 0 saturated heterocycles. The molecule has 1 heterocycles. The first-order valence-corrected chi connectivity index (χ1v) is 7.35. The highest BCUT2D eigenvalue weighted by molar-refractivity contribution is 9.10. The Kier molecular flexibility index (Phi) is 5.90. The molecule has 4 nitrogen and oxygen atoms in total. The standard InChI is InChI=1S/C10H17BrN4S/c1-4-7(5-16-3)15-10-8(11)9(12-2)13-6-14-10/h6-7H,4-5H2,1-3H3,(H2,12,13,14,15). The van der Waals surface area contributed by atoms with Crippen LogP contribution in [-0.4, -0.2) is 35.1 Å². The number of aromatic nitrogens is 2. The lowest BCUT2D eigenvalue weighted by Gasteiger charge is -2.17. The molecule has 1 rings (SSSR count). The van der Waals surface area contributed by atoms with Crippen LogP contribution < -0.4 is 10.6 Å². The van der Waals surface area contributed by atoms with E-state index < -0.39 is 0 Å². The van der Waals surface area contributed by atoms with Crippen molar-refractivity contribution in [2.24, 2.45) is 0 Å². The maximum Gasteiger partial charge on any atom is 0.146 e. The van der Waals surface area contributed by atoms with Gasteiger partial charge >= 0.3 is 0 Å². The molecule has 90 valence electrons. The molecular weight excluding hydrogens is 288 g/mol. The Bertz CT molecular complexity index is 335. The van der Waals surface area contributed by atoms with E-state index in [9.17, 15) is 0 Å². The van der Waals surface area contributed by atoms with Crippen LogP contribution in [0.1, 0.15) is 13.3 Å². The Morgan fingerprint density at radius 1 is 1.44 bits per heavy atom. The van der Waals surface area contributed by atoms with E-state index in [0.717, 1.165) is 28.3 Å². The molecule has 6 heteroatoms. The van der Waals surface area contributed by atoms with Gasteiger partial charge < -0.3 is 10.6 Å². The molecule has 1 aromatic rings. The first-order chi connectivity index (χ1) is 7.72. The minimum Gasteiger partial charge on any atom is -0.372 e. The number of anilines is 2. The van der Waals surface area contributed by atoms with E-state index in [4.69, 9.17) is 0 Å². The zero-order chi connectivity index (χ0) is 12.0. The Balaban J connectivity index is 2.79. The zero-order valence-electron chi connectivity index (χ0n) is 9.75. The van der Waals surface area contributed by atoms with Gasteiger partial charge in [-0.1, -0.05) is 6.92 Å². The Hall–Kier alpha value is -0.490. The van der Waals surface area contributed by atoms with E-state index in [1.165, 1.54) is 0 Å². The van der Waals surface area contributed by atoms with Gasteiger partial charge in [-0.25, -0.2) is 9.97 Å². The molecule has 0 aliphatic carbocycles. The molecule has 1 atom stereocenters. The summed E-state index contributed by atoms with van der Waals surface area (Å²) in [7, 11) is 1.84. The molecule has 0 amide bonds. The third-order valence-corrected chi connectivity index (χ3v) is 3.71. The number of nitrogens with one attached hydrogen (secondary N) is 2. The Morgan fingerprint density at radius 2 is 2.12 bits per heavy atom. The summed E-state index contributed by atoms with van der Waals surface area (Å²) in [6, 6.07) is 0.436. The van der Waals surface area contributed by atoms with Crippen LogP contribution in [0.4, 0.5) is 11.6 Å². The van der Waals surface area contributed by atoms with Gasteiger partial charge in [0.05, 0.1) is 0 Å².